The highest BCUT2D eigenvalue weighted by Gasteiger charge is 2.36. The van der Waals surface area contributed by atoms with Gasteiger partial charge in [-0.3, -0.25) is 13.9 Å². The molecular weight excluding hydrogens is 582 g/mol. The summed E-state index contributed by atoms with van der Waals surface area (Å²) in [5, 5.41) is 5.19. The largest absolute Gasteiger partial charge is 0.354 e. The maximum Gasteiger partial charge on any atom is 0.265 e. The summed E-state index contributed by atoms with van der Waals surface area (Å²) >= 11 is 6.12. The van der Waals surface area contributed by atoms with Crippen molar-refractivity contribution in [1.29, 1.82) is 0 Å². The highest BCUT2D eigenvalue weighted by atomic mass is 35.5. The average Bonchev–Trinajstić information content (AvgIpc) is 3.23. The number of carbonyl (C=O) groups excluding carboxylic acids is 2. The molecule has 7 nitrogen and oxygen atoms in total. The van der Waals surface area contributed by atoms with E-state index in [1.165, 1.54) is 4.31 Å². The van der Waals surface area contributed by atoms with Gasteiger partial charge in [0.2, 0.25) is 11.8 Å². The predicted molar refractivity (Wildman–Crippen MR) is 172 cm³/mol. The molecule has 0 aliphatic carbocycles. The number of benzene rings is 4. The third-order valence-corrected chi connectivity index (χ3v) is 9.91. The molecule has 1 heterocycles. The lowest BCUT2D eigenvalue weighted by Gasteiger charge is -2.32. The van der Waals surface area contributed by atoms with Gasteiger partial charge in [-0.1, -0.05) is 91.7 Å². The first-order valence-electron chi connectivity index (χ1n) is 14.7. The summed E-state index contributed by atoms with van der Waals surface area (Å²) in [7, 11) is -3.72. The Morgan fingerprint density at radius 2 is 1.60 bits per heavy atom. The zero-order valence-corrected chi connectivity index (χ0v) is 25.8. The molecule has 2 amide bonds. The van der Waals surface area contributed by atoms with Crippen molar-refractivity contribution < 1.29 is 18.0 Å². The molecule has 5 rings (SSSR count). The monoisotopic (exact) mass is 617 g/mol. The molecule has 0 radical (unpaired) electrons. The SMILES string of the molecule is CCCCNC(=O)[C@@H](Cc1ccccc1)N(Cc1ccc(Cl)cc1)C(=O)CCCN1c2cccc3cccc(c23)S1(=O)=O. The Kier molecular flexibility index (Phi) is 9.68. The molecule has 224 valence electrons. The molecule has 0 bridgehead atoms. The number of hydrogen-bond acceptors (Lipinski definition) is 4. The van der Waals surface area contributed by atoms with Crippen molar-refractivity contribution in [3.05, 3.63) is 107 Å². The fourth-order valence-electron chi connectivity index (χ4n) is 5.56. The minimum absolute atomic E-state index is 0.0828. The number of unbranched alkanes of at least 4 members (excludes halogenated alkanes) is 1. The summed E-state index contributed by atoms with van der Waals surface area (Å²) in [5.41, 5.74) is 2.43. The Morgan fingerprint density at radius 3 is 2.33 bits per heavy atom. The van der Waals surface area contributed by atoms with Crippen LogP contribution in [0.1, 0.15) is 43.7 Å². The molecule has 4 aromatic rings. The van der Waals surface area contributed by atoms with Gasteiger partial charge in [0.1, 0.15) is 6.04 Å². The third-order valence-electron chi connectivity index (χ3n) is 7.80. The summed E-state index contributed by atoms with van der Waals surface area (Å²) in [4.78, 5) is 29.5. The van der Waals surface area contributed by atoms with Crippen LogP contribution in [0.15, 0.2) is 95.9 Å². The van der Waals surface area contributed by atoms with Crippen LogP contribution in [0.4, 0.5) is 5.69 Å². The van der Waals surface area contributed by atoms with Crippen molar-refractivity contribution in [1.82, 2.24) is 10.2 Å². The minimum Gasteiger partial charge on any atom is -0.354 e. The summed E-state index contributed by atoms with van der Waals surface area (Å²) in [6, 6.07) is 27.0. The van der Waals surface area contributed by atoms with E-state index in [1.807, 2.05) is 66.7 Å². The lowest BCUT2D eigenvalue weighted by molar-refractivity contribution is -0.141. The summed E-state index contributed by atoms with van der Waals surface area (Å²) in [5.74, 6) is -0.419. The number of sulfonamides is 1. The van der Waals surface area contributed by atoms with E-state index in [-0.39, 0.29) is 31.3 Å². The molecule has 0 saturated heterocycles. The van der Waals surface area contributed by atoms with Crippen LogP contribution in [-0.4, -0.2) is 44.3 Å². The number of amides is 2. The van der Waals surface area contributed by atoms with E-state index < -0.39 is 16.1 Å². The summed E-state index contributed by atoms with van der Waals surface area (Å²) in [6.07, 6.45) is 2.52. The molecule has 0 spiro atoms. The minimum atomic E-state index is -3.72. The van der Waals surface area contributed by atoms with Crippen LogP contribution >= 0.6 is 11.6 Å². The fourth-order valence-corrected chi connectivity index (χ4v) is 7.44. The molecule has 1 aliphatic rings. The van der Waals surface area contributed by atoms with E-state index in [9.17, 15) is 18.0 Å². The maximum absolute atomic E-state index is 14.0. The Labute approximate surface area is 258 Å². The van der Waals surface area contributed by atoms with Gasteiger partial charge in [-0.25, -0.2) is 8.42 Å². The highest BCUT2D eigenvalue weighted by Crippen LogP contribution is 2.42. The fraction of sp³-hybridized carbons (Fsp3) is 0.294. The zero-order valence-electron chi connectivity index (χ0n) is 24.2. The van der Waals surface area contributed by atoms with Crippen molar-refractivity contribution in [2.24, 2.45) is 0 Å². The van der Waals surface area contributed by atoms with Crippen LogP contribution in [-0.2, 0) is 32.6 Å². The van der Waals surface area contributed by atoms with E-state index in [2.05, 4.69) is 12.2 Å². The van der Waals surface area contributed by atoms with Crippen LogP contribution in [0.2, 0.25) is 5.02 Å². The van der Waals surface area contributed by atoms with E-state index in [1.54, 1.807) is 29.2 Å². The number of rotatable bonds is 13. The van der Waals surface area contributed by atoms with Crippen LogP contribution < -0.4 is 9.62 Å². The third kappa shape index (κ3) is 6.86. The quantitative estimate of drug-likeness (QED) is 0.177. The van der Waals surface area contributed by atoms with Crippen molar-refractivity contribution in [3.8, 4) is 0 Å². The van der Waals surface area contributed by atoms with Gasteiger partial charge in [0.25, 0.3) is 10.0 Å². The molecule has 0 saturated carbocycles. The van der Waals surface area contributed by atoms with Gasteiger partial charge in [0, 0.05) is 42.9 Å². The number of anilines is 1. The van der Waals surface area contributed by atoms with Crippen LogP contribution in [0.3, 0.4) is 0 Å². The molecule has 1 N–H and O–H groups in total. The van der Waals surface area contributed by atoms with Gasteiger partial charge in [-0.15, -0.1) is 0 Å². The molecule has 43 heavy (non-hydrogen) atoms. The molecule has 0 fully saturated rings. The van der Waals surface area contributed by atoms with Crippen molar-refractivity contribution >= 4 is 49.9 Å². The molecule has 0 unspecified atom stereocenters. The Morgan fingerprint density at radius 1 is 0.884 bits per heavy atom. The Balaban J connectivity index is 1.38. The number of nitrogens with zero attached hydrogens (tertiary/aromatic N) is 2. The average molecular weight is 618 g/mol. The van der Waals surface area contributed by atoms with Crippen molar-refractivity contribution in [2.75, 3.05) is 17.4 Å². The second-order valence-electron chi connectivity index (χ2n) is 10.8. The van der Waals surface area contributed by atoms with E-state index in [0.717, 1.165) is 29.4 Å². The van der Waals surface area contributed by atoms with Gasteiger partial charge >= 0.3 is 0 Å². The number of nitrogens with one attached hydrogen (secondary N) is 1. The molecule has 1 atom stereocenters. The first-order chi connectivity index (χ1) is 20.8. The smallest absolute Gasteiger partial charge is 0.265 e. The van der Waals surface area contributed by atoms with Crippen LogP contribution in [0, 0.1) is 0 Å². The first-order valence-corrected chi connectivity index (χ1v) is 16.5. The standard InChI is InChI=1S/C34H36ClN3O4S/c1-2-3-21-36-34(40)30(23-25-10-5-4-6-11-25)37(24-26-17-19-28(35)20-18-26)32(39)16-9-22-38-29-14-7-12-27-13-8-15-31(33(27)29)43(38,41)42/h4-8,10-15,17-20,30H,2-3,9,16,21-24H2,1H3,(H,36,40)/t30-/m1/s1. The zero-order chi connectivity index (χ0) is 30.4. The molecule has 4 aromatic carbocycles. The van der Waals surface area contributed by atoms with E-state index in [0.29, 0.717) is 40.4 Å². The molecule has 0 aromatic heterocycles. The second kappa shape index (κ2) is 13.6. The van der Waals surface area contributed by atoms with Gasteiger partial charge in [-0.05, 0) is 53.6 Å². The van der Waals surface area contributed by atoms with Gasteiger partial charge < -0.3 is 10.2 Å². The Bertz CT molecular complexity index is 1690. The lowest BCUT2D eigenvalue weighted by Crippen LogP contribution is -2.50. The highest BCUT2D eigenvalue weighted by molar-refractivity contribution is 7.93. The predicted octanol–water partition coefficient (Wildman–Crippen LogP) is 6.34. The number of hydrogen-bond donors (Lipinski definition) is 1. The normalized spacial score (nSPS) is 14.0. The number of halogens is 1. The van der Waals surface area contributed by atoms with E-state index in [4.69, 9.17) is 11.6 Å². The maximum atomic E-state index is 14.0. The van der Waals surface area contributed by atoms with Gasteiger partial charge in [0.15, 0.2) is 0 Å². The van der Waals surface area contributed by atoms with Crippen LogP contribution in [0.25, 0.3) is 10.8 Å². The molecule has 9 heteroatoms. The topological polar surface area (TPSA) is 86.8 Å². The first kappa shape index (κ1) is 30.6. The van der Waals surface area contributed by atoms with Crippen molar-refractivity contribution in [2.45, 2.75) is 56.5 Å². The molecule has 1 aliphatic heterocycles. The van der Waals surface area contributed by atoms with Crippen LogP contribution in [0.5, 0.6) is 0 Å². The summed E-state index contributed by atoms with van der Waals surface area (Å²) < 4.78 is 28.3. The summed E-state index contributed by atoms with van der Waals surface area (Å²) in [6.45, 7) is 2.97. The second-order valence-corrected chi connectivity index (χ2v) is 13.1. The number of carbonyl (C=O) groups is 2. The molecular formula is C34H36ClN3O4S. The van der Waals surface area contributed by atoms with Gasteiger partial charge in [0.05, 0.1) is 10.6 Å². The lowest BCUT2D eigenvalue weighted by atomic mass is 10.0. The van der Waals surface area contributed by atoms with E-state index >= 15 is 0 Å². The Hall–Kier alpha value is -3.88. The van der Waals surface area contributed by atoms with Crippen molar-refractivity contribution in [3.63, 3.8) is 0 Å². The van der Waals surface area contributed by atoms with Gasteiger partial charge in [-0.2, -0.15) is 0 Å².